The van der Waals surface area contributed by atoms with E-state index in [4.69, 9.17) is 5.11 Å². The van der Waals surface area contributed by atoms with Gasteiger partial charge in [-0.25, -0.2) is 4.79 Å². The number of carbonyl (C=O) groups is 2. The number of rotatable bonds is 6. The zero-order valence-electron chi connectivity index (χ0n) is 12.7. The molecule has 0 aliphatic carbocycles. The maximum absolute atomic E-state index is 12.0. The number of hydrogen-bond acceptors (Lipinski definition) is 2. The first-order chi connectivity index (χ1) is 9.40. The van der Waals surface area contributed by atoms with E-state index in [1.54, 1.807) is 6.92 Å². The molecule has 0 aromatic carbocycles. The Morgan fingerprint density at radius 2 is 2.10 bits per heavy atom. The Labute approximate surface area is 121 Å². The van der Waals surface area contributed by atoms with Crippen LogP contribution >= 0.6 is 0 Å². The summed E-state index contributed by atoms with van der Waals surface area (Å²) < 4.78 is 0. The molecule has 1 rings (SSSR count). The van der Waals surface area contributed by atoms with Gasteiger partial charge in [-0.05, 0) is 33.1 Å². The smallest absolute Gasteiger partial charge is 0.317 e. The minimum Gasteiger partial charge on any atom is -0.481 e. The second-order valence-electron chi connectivity index (χ2n) is 5.77. The van der Waals surface area contributed by atoms with E-state index in [2.05, 4.69) is 18.3 Å². The van der Waals surface area contributed by atoms with Gasteiger partial charge in [0, 0.05) is 19.1 Å². The van der Waals surface area contributed by atoms with Gasteiger partial charge in [0.2, 0.25) is 0 Å². The summed E-state index contributed by atoms with van der Waals surface area (Å²) in [5.41, 5.74) is 1.34. The zero-order chi connectivity index (χ0) is 15.1. The van der Waals surface area contributed by atoms with Crippen LogP contribution in [0.3, 0.4) is 0 Å². The van der Waals surface area contributed by atoms with Gasteiger partial charge in [-0.1, -0.05) is 25.0 Å². The zero-order valence-corrected chi connectivity index (χ0v) is 12.7. The van der Waals surface area contributed by atoms with Gasteiger partial charge in [0.25, 0.3) is 0 Å². The third-order valence-corrected chi connectivity index (χ3v) is 3.79. The molecular weight excluding hydrogens is 256 g/mol. The van der Waals surface area contributed by atoms with Crippen LogP contribution in [0, 0.1) is 5.92 Å². The summed E-state index contributed by atoms with van der Waals surface area (Å²) in [7, 11) is 0. The Morgan fingerprint density at radius 1 is 1.40 bits per heavy atom. The lowest BCUT2D eigenvalue weighted by Gasteiger charge is -2.27. The number of aliphatic carboxylic acids is 1. The van der Waals surface area contributed by atoms with Crippen LogP contribution in [-0.4, -0.2) is 41.1 Å². The minimum atomic E-state index is -0.753. The molecule has 5 nitrogen and oxygen atoms in total. The van der Waals surface area contributed by atoms with E-state index in [9.17, 15) is 9.59 Å². The van der Waals surface area contributed by atoms with Gasteiger partial charge < -0.3 is 15.3 Å². The Hall–Kier alpha value is -1.52. The maximum Gasteiger partial charge on any atom is 0.317 e. The molecule has 5 heteroatoms. The quantitative estimate of drug-likeness (QED) is 0.736. The number of urea groups is 1. The molecule has 0 spiro atoms. The number of nitrogens with zero attached hydrogens (tertiary/aromatic N) is 1. The van der Waals surface area contributed by atoms with Crippen LogP contribution in [0.4, 0.5) is 4.79 Å². The number of hydrogen-bond donors (Lipinski definition) is 2. The highest BCUT2D eigenvalue weighted by molar-refractivity contribution is 5.74. The lowest BCUT2D eigenvalue weighted by Crippen LogP contribution is -2.45. The summed E-state index contributed by atoms with van der Waals surface area (Å²) in [5.74, 6) is -1.06. The molecular formula is C15H26N2O3. The average molecular weight is 282 g/mol. The molecule has 0 saturated heterocycles. The van der Waals surface area contributed by atoms with Gasteiger partial charge in [0.05, 0.1) is 5.92 Å². The molecule has 1 aliphatic rings. The SMILES string of the molecule is CC1=CCN(C(=O)NC(C)CCCC(C)C(=O)O)CC1. The first-order valence-corrected chi connectivity index (χ1v) is 7.34. The van der Waals surface area contributed by atoms with Crippen molar-refractivity contribution in [3.8, 4) is 0 Å². The van der Waals surface area contributed by atoms with Crippen LogP contribution in [0.15, 0.2) is 11.6 Å². The molecule has 0 radical (unpaired) electrons. The molecule has 0 saturated carbocycles. The average Bonchev–Trinajstić information content (AvgIpc) is 2.39. The van der Waals surface area contributed by atoms with Gasteiger partial charge in [-0.3, -0.25) is 4.79 Å². The van der Waals surface area contributed by atoms with E-state index in [1.807, 2.05) is 11.8 Å². The van der Waals surface area contributed by atoms with Crippen molar-refractivity contribution in [2.75, 3.05) is 13.1 Å². The van der Waals surface area contributed by atoms with Crippen molar-refractivity contribution in [2.45, 2.75) is 52.5 Å². The molecule has 20 heavy (non-hydrogen) atoms. The normalized spacial score (nSPS) is 18.1. The monoisotopic (exact) mass is 282 g/mol. The van der Waals surface area contributed by atoms with Crippen LogP contribution in [0.5, 0.6) is 0 Å². The number of nitrogens with one attached hydrogen (secondary N) is 1. The molecule has 114 valence electrons. The molecule has 2 N–H and O–H groups in total. The fourth-order valence-corrected chi connectivity index (χ4v) is 2.18. The van der Waals surface area contributed by atoms with Crippen molar-refractivity contribution >= 4 is 12.0 Å². The molecule has 2 unspecified atom stereocenters. The molecule has 0 fully saturated rings. The van der Waals surface area contributed by atoms with Crippen molar-refractivity contribution in [3.63, 3.8) is 0 Å². The summed E-state index contributed by atoms with van der Waals surface area (Å²) >= 11 is 0. The van der Waals surface area contributed by atoms with Gasteiger partial charge in [-0.15, -0.1) is 0 Å². The molecule has 0 aromatic heterocycles. The molecule has 2 amide bonds. The van der Waals surface area contributed by atoms with E-state index in [-0.39, 0.29) is 18.0 Å². The van der Waals surface area contributed by atoms with Crippen LogP contribution < -0.4 is 5.32 Å². The second kappa shape index (κ2) is 7.92. The van der Waals surface area contributed by atoms with Crippen LogP contribution in [0.1, 0.15) is 46.5 Å². The third kappa shape index (κ3) is 5.63. The van der Waals surface area contributed by atoms with Crippen LogP contribution in [0.25, 0.3) is 0 Å². The van der Waals surface area contributed by atoms with Crippen molar-refractivity contribution in [1.82, 2.24) is 10.2 Å². The fourth-order valence-electron chi connectivity index (χ4n) is 2.18. The lowest BCUT2D eigenvalue weighted by atomic mass is 10.0. The minimum absolute atomic E-state index is 0.0208. The lowest BCUT2D eigenvalue weighted by molar-refractivity contribution is -0.141. The van der Waals surface area contributed by atoms with Crippen molar-refractivity contribution in [1.29, 1.82) is 0 Å². The second-order valence-corrected chi connectivity index (χ2v) is 5.77. The Morgan fingerprint density at radius 3 is 2.65 bits per heavy atom. The van der Waals surface area contributed by atoms with E-state index in [1.165, 1.54) is 5.57 Å². The summed E-state index contributed by atoms with van der Waals surface area (Å²) in [6.45, 7) is 7.22. The highest BCUT2D eigenvalue weighted by Crippen LogP contribution is 2.12. The topological polar surface area (TPSA) is 69.6 Å². The van der Waals surface area contributed by atoms with Gasteiger partial charge in [-0.2, -0.15) is 0 Å². The summed E-state index contributed by atoms with van der Waals surface area (Å²) in [6, 6.07) is 0.0584. The first-order valence-electron chi connectivity index (χ1n) is 7.34. The summed E-state index contributed by atoms with van der Waals surface area (Å²) in [5, 5.41) is 11.8. The van der Waals surface area contributed by atoms with Crippen molar-refractivity contribution in [3.05, 3.63) is 11.6 Å². The highest BCUT2D eigenvalue weighted by Gasteiger charge is 2.17. The summed E-state index contributed by atoms with van der Waals surface area (Å²) in [6.07, 6.45) is 5.31. The standard InChI is InChI=1S/C15H26N2O3/c1-11-7-9-17(10-8-11)15(20)16-13(3)6-4-5-12(2)14(18)19/h7,12-13H,4-6,8-10H2,1-3H3,(H,16,20)(H,18,19). The molecule has 1 aliphatic heterocycles. The van der Waals surface area contributed by atoms with E-state index in [0.717, 1.165) is 25.8 Å². The molecule has 1 heterocycles. The van der Waals surface area contributed by atoms with Gasteiger partial charge >= 0.3 is 12.0 Å². The first kappa shape index (κ1) is 16.5. The van der Waals surface area contributed by atoms with E-state index >= 15 is 0 Å². The van der Waals surface area contributed by atoms with Crippen LogP contribution in [0.2, 0.25) is 0 Å². The van der Waals surface area contributed by atoms with Gasteiger partial charge in [0.15, 0.2) is 0 Å². The highest BCUT2D eigenvalue weighted by atomic mass is 16.4. The van der Waals surface area contributed by atoms with Gasteiger partial charge in [0.1, 0.15) is 0 Å². The predicted molar refractivity (Wildman–Crippen MR) is 78.6 cm³/mol. The Kier molecular flexibility index (Phi) is 6.55. The summed E-state index contributed by atoms with van der Waals surface area (Å²) in [4.78, 5) is 24.5. The third-order valence-electron chi connectivity index (χ3n) is 3.79. The van der Waals surface area contributed by atoms with Crippen molar-refractivity contribution in [2.24, 2.45) is 5.92 Å². The molecule has 0 aromatic rings. The Bertz CT molecular complexity index is 379. The van der Waals surface area contributed by atoms with Crippen LogP contribution in [-0.2, 0) is 4.79 Å². The van der Waals surface area contributed by atoms with E-state index < -0.39 is 5.97 Å². The van der Waals surface area contributed by atoms with E-state index in [0.29, 0.717) is 13.0 Å². The molecule has 2 atom stereocenters. The number of carboxylic acids is 1. The number of amides is 2. The van der Waals surface area contributed by atoms with Crippen molar-refractivity contribution < 1.29 is 14.7 Å². The maximum atomic E-state index is 12.0. The Balaban J connectivity index is 2.23. The largest absolute Gasteiger partial charge is 0.481 e. The molecule has 0 bridgehead atoms. The number of carboxylic acid groups (broad SMARTS) is 1. The number of carbonyl (C=O) groups excluding carboxylic acids is 1. The predicted octanol–water partition coefficient (Wildman–Crippen LogP) is 2.63. The fraction of sp³-hybridized carbons (Fsp3) is 0.733.